The van der Waals surface area contributed by atoms with Crippen molar-refractivity contribution < 1.29 is 13.6 Å². The summed E-state index contributed by atoms with van der Waals surface area (Å²) in [5, 5.41) is 0.732. The molecule has 0 unspecified atom stereocenters. The van der Waals surface area contributed by atoms with E-state index in [1.165, 1.54) is 12.1 Å². The molecule has 0 spiro atoms. The first-order valence-corrected chi connectivity index (χ1v) is 10.8. The third-order valence-corrected chi connectivity index (χ3v) is 6.20. The third kappa shape index (κ3) is 3.60. The highest BCUT2D eigenvalue weighted by Crippen LogP contribution is 2.34. The first kappa shape index (κ1) is 19.8. The number of carbonyl (C=O) groups excluding carboxylic acids is 1. The number of piperazine rings is 1. The molecule has 2 aromatic heterocycles. The zero-order valence-electron chi connectivity index (χ0n) is 17.9. The SMILES string of the molecule is Cc1nc(N2CCCC2)c2c(C(=O)N3CCN(c4ccc(F)cc4)CC3)c(C)oc2n1. The van der Waals surface area contributed by atoms with E-state index in [-0.39, 0.29) is 11.7 Å². The number of hydrogen-bond donors (Lipinski definition) is 0. The Labute approximate surface area is 180 Å². The summed E-state index contributed by atoms with van der Waals surface area (Å²) in [6, 6.07) is 6.50. The maximum absolute atomic E-state index is 13.6. The molecule has 2 aliphatic heterocycles. The number of furan rings is 1. The molecule has 0 radical (unpaired) electrons. The Hall–Kier alpha value is -3.16. The van der Waals surface area contributed by atoms with Crippen LogP contribution in [-0.4, -0.2) is 60.0 Å². The zero-order chi connectivity index (χ0) is 21.5. The lowest BCUT2D eigenvalue weighted by molar-refractivity contribution is 0.0746. The van der Waals surface area contributed by atoms with Crippen molar-refractivity contribution in [2.24, 2.45) is 0 Å². The topological polar surface area (TPSA) is 65.7 Å². The molecule has 0 saturated carbocycles. The highest BCUT2D eigenvalue weighted by Gasteiger charge is 2.31. The van der Waals surface area contributed by atoms with Gasteiger partial charge in [0.05, 0.1) is 10.9 Å². The van der Waals surface area contributed by atoms with E-state index in [9.17, 15) is 9.18 Å². The number of aromatic nitrogens is 2. The van der Waals surface area contributed by atoms with Gasteiger partial charge in [0.1, 0.15) is 23.2 Å². The summed E-state index contributed by atoms with van der Waals surface area (Å²) >= 11 is 0. The van der Waals surface area contributed by atoms with E-state index >= 15 is 0 Å². The fourth-order valence-electron chi connectivity index (χ4n) is 4.59. The van der Waals surface area contributed by atoms with Crippen LogP contribution in [0.4, 0.5) is 15.9 Å². The molecule has 0 aliphatic carbocycles. The molecule has 2 fully saturated rings. The van der Waals surface area contributed by atoms with Crippen LogP contribution in [0.1, 0.15) is 34.8 Å². The second-order valence-corrected chi connectivity index (χ2v) is 8.26. The van der Waals surface area contributed by atoms with Gasteiger partial charge >= 0.3 is 0 Å². The van der Waals surface area contributed by atoms with Crippen LogP contribution in [0.3, 0.4) is 0 Å². The predicted molar refractivity (Wildman–Crippen MR) is 117 cm³/mol. The molecule has 3 aromatic rings. The number of nitrogens with zero attached hydrogens (tertiary/aromatic N) is 5. The van der Waals surface area contributed by atoms with Gasteiger partial charge in [0.2, 0.25) is 5.71 Å². The van der Waals surface area contributed by atoms with E-state index in [1.54, 1.807) is 12.1 Å². The molecule has 7 nitrogen and oxygen atoms in total. The standard InChI is InChI=1S/C23H26FN5O2/c1-15-19(20-21(28-9-3-4-10-28)25-16(2)26-22(20)31-15)23(30)29-13-11-27(12-14-29)18-7-5-17(24)6-8-18/h5-8H,3-4,9-14H2,1-2H3. The van der Waals surface area contributed by atoms with Gasteiger partial charge in [0, 0.05) is 45.0 Å². The van der Waals surface area contributed by atoms with Crippen LogP contribution in [0.25, 0.3) is 11.1 Å². The number of anilines is 2. The summed E-state index contributed by atoms with van der Waals surface area (Å²) in [5.41, 5.74) is 2.03. The Bertz CT molecular complexity index is 1110. The molecule has 1 aromatic carbocycles. The molecule has 2 saturated heterocycles. The van der Waals surface area contributed by atoms with Gasteiger partial charge in [-0.1, -0.05) is 0 Å². The van der Waals surface area contributed by atoms with Gasteiger partial charge in [-0.15, -0.1) is 0 Å². The van der Waals surface area contributed by atoms with Crippen molar-refractivity contribution in [1.29, 1.82) is 0 Å². The van der Waals surface area contributed by atoms with Crippen molar-refractivity contribution in [1.82, 2.24) is 14.9 Å². The molecule has 8 heteroatoms. The lowest BCUT2D eigenvalue weighted by atomic mass is 10.1. The molecule has 162 valence electrons. The fourth-order valence-corrected chi connectivity index (χ4v) is 4.59. The van der Waals surface area contributed by atoms with Gasteiger partial charge in [-0.2, -0.15) is 4.98 Å². The monoisotopic (exact) mass is 423 g/mol. The second-order valence-electron chi connectivity index (χ2n) is 8.26. The maximum Gasteiger partial charge on any atom is 0.258 e. The maximum atomic E-state index is 13.6. The van der Waals surface area contributed by atoms with E-state index in [1.807, 2.05) is 18.7 Å². The normalized spacial score (nSPS) is 17.1. The third-order valence-electron chi connectivity index (χ3n) is 6.20. The summed E-state index contributed by atoms with van der Waals surface area (Å²) < 4.78 is 19.1. The van der Waals surface area contributed by atoms with E-state index < -0.39 is 0 Å². The number of hydrogen-bond acceptors (Lipinski definition) is 6. The molecule has 0 atom stereocenters. The van der Waals surface area contributed by atoms with E-state index in [4.69, 9.17) is 4.42 Å². The largest absolute Gasteiger partial charge is 0.442 e. The number of benzene rings is 1. The van der Waals surface area contributed by atoms with E-state index in [2.05, 4.69) is 19.8 Å². The van der Waals surface area contributed by atoms with Crippen molar-refractivity contribution in [2.45, 2.75) is 26.7 Å². The number of fused-ring (bicyclic) bond motifs is 1. The van der Waals surface area contributed by atoms with E-state index in [0.29, 0.717) is 49.0 Å². The zero-order valence-corrected chi connectivity index (χ0v) is 17.9. The van der Waals surface area contributed by atoms with Crippen LogP contribution in [0, 0.1) is 19.7 Å². The smallest absolute Gasteiger partial charge is 0.258 e. The summed E-state index contributed by atoms with van der Waals surface area (Å²) in [6.45, 7) is 8.11. The van der Waals surface area contributed by atoms with Crippen molar-refractivity contribution in [2.75, 3.05) is 49.1 Å². The minimum absolute atomic E-state index is 0.0390. The Kier molecular flexibility index (Phi) is 5.00. The highest BCUT2D eigenvalue weighted by atomic mass is 19.1. The average molecular weight is 423 g/mol. The van der Waals surface area contributed by atoms with Crippen molar-refractivity contribution in [3.05, 3.63) is 47.2 Å². The minimum atomic E-state index is -0.244. The number of amides is 1. The van der Waals surface area contributed by atoms with Crippen LogP contribution in [0.5, 0.6) is 0 Å². The summed E-state index contributed by atoms with van der Waals surface area (Å²) in [6.07, 6.45) is 2.24. The number of rotatable bonds is 3. The quantitative estimate of drug-likeness (QED) is 0.642. The fraction of sp³-hybridized carbons (Fsp3) is 0.435. The Morgan fingerprint density at radius 1 is 0.935 bits per heavy atom. The van der Waals surface area contributed by atoms with Gasteiger partial charge in [-0.25, -0.2) is 9.37 Å². The van der Waals surface area contributed by atoms with Crippen molar-refractivity contribution in [3.8, 4) is 0 Å². The van der Waals surface area contributed by atoms with Gasteiger partial charge in [-0.05, 0) is 51.0 Å². The van der Waals surface area contributed by atoms with Crippen LogP contribution in [-0.2, 0) is 0 Å². The summed E-state index contributed by atoms with van der Waals surface area (Å²) in [5.74, 6) is 1.76. The minimum Gasteiger partial charge on any atom is -0.442 e. The molecule has 0 N–H and O–H groups in total. The molecule has 2 aliphatic rings. The molecule has 1 amide bonds. The lowest BCUT2D eigenvalue weighted by Gasteiger charge is -2.36. The summed E-state index contributed by atoms with van der Waals surface area (Å²) in [7, 11) is 0. The number of carbonyl (C=O) groups is 1. The Morgan fingerprint density at radius 3 is 2.29 bits per heavy atom. The molecule has 0 bridgehead atoms. The number of aryl methyl sites for hydroxylation is 2. The van der Waals surface area contributed by atoms with Gasteiger partial charge in [0.25, 0.3) is 5.91 Å². The van der Waals surface area contributed by atoms with Crippen LogP contribution in [0.2, 0.25) is 0 Å². The molecule has 31 heavy (non-hydrogen) atoms. The average Bonchev–Trinajstić information content (AvgIpc) is 3.41. The molecule has 5 rings (SSSR count). The van der Waals surface area contributed by atoms with Gasteiger partial charge < -0.3 is 19.1 Å². The molecular formula is C23H26FN5O2. The van der Waals surface area contributed by atoms with Crippen LogP contribution >= 0.6 is 0 Å². The van der Waals surface area contributed by atoms with Crippen molar-refractivity contribution in [3.63, 3.8) is 0 Å². The van der Waals surface area contributed by atoms with Crippen LogP contribution < -0.4 is 9.80 Å². The Balaban J connectivity index is 1.42. The molecular weight excluding hydrogens is 397 g/mol. The van der Waals surface area contributed by atoms with E-state index in [0.717, 1.165) is 42.8 Å². The van der Waals surface area contributed by atoms with Crippen LogP contribution in [0.15, 0.2) is 28.7 Å². The first-order chi connectivity index (χ1) is 15.0. The first-order valence-electron chi connectivity index (χ1n) is 10.8. The Morgan fingerprint density at radius 2 is 1.61 bits per heavy atom. The summed E-state index contributed by atoms with van der Waals surface area (Å²) in [4.78, 5) is 29.0. The highest BCUT2D eigenvalue weighted by molar-refractivity contribution is 6.10. The van der Waals surface area contributed by atoms with Crippen molar-refractivity contribution >= 4 is 28.5 Å². The van der Waals surface area contributed by atoms with Gasteiger partial charge in [0.15, 0.2) is 0 Å². The van der Waals surface area contributed by atoms with Gasteiger partial charge in [-0.3, -0.25) is 4.79 Å². The molecule has 4 heterocycles. The predicted octanol–water partition coefficient (Wildman–Crippen LogP) is 3.54. The number of halogens is 1. The second kappa shape index (κ2) is 7.83. The lowest BCUT2D eigenvalue weighted by Crippen LogP contribution is -2.48.